The molecule has 0 aromatic carbocycles. The lowest BCUT2D eigenvalue weighted by atomic mass is 9.91. The molecule has 2 heterocycles. The van der Waals surface area contributed by atoms with Crippen molar-refractivity contribution in [1.29, 1.82) is 0 Å². The molecule has 112 valence electrons. The van der Waals surface area contributed by atoms with Crippen molar-refractivity contribution in [3.8, 4) is 0 Å². The maximum Gasteiger partial charge on any atom is 0.331 e. The molecule has 1 unspecified atom stereocenters. The van der Waals surface area contributed by atoms with Gasteiger partial charge in [0.05, 0.1) is 4.92 Å². The van der Waals surface area contributed by atoms with Gasteiger partial charge in [0, 0.05) is 20.1 Å². The largest absolute Gasteiger partial charge is 0.351 e. The van der Waals surface area contributed by atoms with Gasteiger partial charge in [-0.25, -0.2) is 4.68 Å². The molecule has 20 heavy (non-hydrogen) atoms. The highest BCUT2D eigenvalue weighted by Gasteiger charge is 2.27. The second-order valence-electron chi connectivity index (χ2n) is 6.15. The van der Waals surface area contributed by atoms with Crippen LogP contribution in [-0.2, 0) is 7.05 Å². The Balaban J connectivity index is 2.11. The van der Waals surface area contributed by atoms with Gasteiger partial charge in [0.15, 0.2) is 0 Å². The summed E-state index contributed by atoms with van der Waals surface area (Å²) in [6, 6.07) is 0. The lowest BCUT2D eigenvalue weighted by molar-refractivity contribution is -0.384. The van der Waals surface area contributed by atoms with E-state index in [-0.39, 0.29) is 10.6 Å². The summed E-state index contributed by atoms with van der Waals surface area (Å²) in [6.07, 6.45) is 6.04. The molecule has 2 rings (SSSR count). The van der Waals surface area contributed by atoms with E-state index in [9.17, 15) is 10.1 Å². The van der Waals surface area contributed by atoms with Crippen LogP contribution in [0.25, 0.3) is 0 Å². The third-order valence-electron chi connectivity index (χ3n) is 4.04. The lowest BCUT2D eigenvalue weighted by Crippen LogP contribution is -2.27. The van der Waals surface area contributed by atoms with E-state index < -0.39 is 0 Å². The highest BCUT2D eigenvalue weighted by molar-refractivity contribution is 5.57. The zero-order valence-electron chi connectivity index (χ0n) is 12.6. The molecule has 1 fully saturated rings. The van der Waals surface area contributed by atoms with Crippen molar-refractivity contribution in [1.82, 2.24) is 9.78 Å². The number of hydrogen-bond acceptors (Lipinski definition) is 4. The summed E-state index contributed by atoms with van der Waals surface area (Å²) >= 11 is 0. The molecule has 1 aliphatic rings. The van der Waals surface area contributed by atoms with Crippen LogP contribution in [0.2, 0.25) is 0 Å². The van der Waals surface area contributed by atoms with Gasteiger partial charge >= 0.3 is 5.69 Å². The van der Waals surface area contributed by atoms with E-state index in [0.717, 1.165) is 37.8 Å². The Kier molecular flexibility index (Phi) is 4.62. The summed E-state index contributed by atoms with van der Waals surface area (Å²) in [5.74, 6) is 2.12. The van der Waals surface area contributed by atoms with Crippen molar-refractivity contribution in [2.75, 3.05) is 18.0 Å². The first-order valence-electron chi connectivity index (χ1n) is 7.40. The van der Waals surface area contributed by atoms with Crippen LogP contribution in [0, 0.1) is 22.0 Å². The molecule has 0 aliphatic carbocycles. The van der Waals surface area contributed by atoms with Crippen molar-refractivity contribution in [2.24, 2.45) is 18.9 Å². The Hall–Kier alpha value is -1.59. The third kappa shape index (κ3) is 3.29. The van der Waals surface area contributed by atoms with Gasteiger partial charge in [-0.3, -0.25) is 10.1 Å². The standard InChI is InChI=1S/C14H24N4O2/c1-11(2)9-12-5-4-7-17(8-6-12)14-13(18(19)20)10-15-16(14)3/h10-12H,4-9H2,1-3H3. The number of nitrogens with zero attached hydrogens (tertiary/aromatic N) is 4. The van der Waals surface area contributed by atoms with Gasteiger partial charge in [0.25, 0.3) is 0 Å². The summed E-state index contributed by atoms with van der Waals surface area (Å²) in [5.41, 5.74) is 0.120. The van der Waals surface area contributed by atoms with Crippen molar-refractivity contribution < 1.29 is 4.92 Å². The monoisotopic (exact) mass is 280 g/mol. The Morgan fingerprint density at radius 3 is 2.85 bits per heavy atom. The molecule has 1 aromatic rings. The number of nitro groups is 1. The molecule has 0 amide bonds. The van der Waals surface area contributed by atoms with E-state index in [0.29, 0.717) is 5.82 Å². The maximum absolute atomic E-state index is 11.1. The fraction of sp³-hybridized carbons (Fsp3) is 0.786. The van der Waals surface area contributed by atoms with Gasteiger partial charge in [0.1, 0.15) is 6.20 Å². The van der Waals surface area contributed by atoms with E-state index in [1.165, 1.54) is 19.0 Å². The number of rotatable bonds is 4. The average Bonchev–Trinajstić information content (AvgIpc) is 2.60. The molecular formula is C14H24N4O2. The first-order chi connectivity index (χ1) is 9.49. The molecule has 6 nitrogen and oxygen atoms in total. The predicted octanol–water partition coefficient (Wildman–Crippen LogP) is 2.98. The summed E-state index contributed by atoms with van der Waals surface area (Å²) in [7, 11) is 1.78. The molecule has 6 heteroatoms. The number of aryl methyl sites for hydroxylation is 1. The van der Waals surface area contributed by atoms with Gasteiger partial charge in [0.2, 0.25) is 5.82 Å². The van der Waals surface area contributed by atoms with Crippen LogP contribution in [0.15, 0.2) is 6.20 Å². The summed E-state index contributed by atoms with van der Waals surface area (Å²) < 4.78 is 1.63. The number of anilines is 1. The molecule has 1 saturated heterocycles. The number of aromatic nitrogens is 2. The summed E-state index contributed by atoms with van der Waals surface area (Å²) in [5, 5.41) is 15.1. The second kappa shape index (κ2) is 6.24. The topological polar surface area (TPSA) is 64.2 Å². The molecule has 0 saturated carbocycles. The van der Waals surface area contributed by atoms with Crippen LogP contribution in [0.3, 0.4) is 0 Å². The van der Waals surface area contributed by atoms with Crippen LogP contribution in [-0.4, -0.2) is 27.8 Å². The average molecular weight is 280 g/mol. The minimum Gasteiger partial charge on any atom is -0.351 e. The third-order valence-corrected chi connectivity index (χ3v) is 4.04. The van der Waals surface area contributed by atoms with Crippen molar-refractivity contribution in [3.63, 3.8) is 0 Å². The van der Waals surface area contributed by atoms with Gasteiger partial charge in [-0.15, -0.1) is 0 Å². The van der Waals surface area contributed by atoms with E-state index >= 15 is 0 Å². The highest BCUT2D eigenvalue weighted by Crippen LogP contribution is 2.31. The van der Waals surface area contributed by atoms with Crippen LogP contribution in [0.1, 0.15) is 39.5 Å². The summed E-state index contributed by atoms with van der Waals surface area (Å²) in [4.78, 5) is 12.9. The predicted molar refractivity (Wildman–Crippen MR) is 78.9 cm³/mol. The zero-order valence-corrected chi connectivity index (χ0v) is 12.6. The van der Waals surface area contributed by atoms with E-state index in [2.05, 4.69) is 23.8 Å². The van der Waals surface area contributed by atoms with Gasteiger partial charge in [-0.1, -0.05) is 13.8 Å². The first-order valence-corrected chi connectivity index (χ1v) is 7.40. The Labute approximate surface area is 119 Å². The zero-order chi connectivity index (χ0) is 14.7. The second-order valence-corrected chi connectivity index (χ2v) is 6.15. The van der Waals surface area contributed by atoms with E-state index in [4.69, 9.17) is 0 Å². The van der Waals surface area contributed by atoms with Crippen molar-refractivity contribution in [2.45, 2.75) is 39.5 Å². The fourth-order valence-corrected chi connectivity index (χ4v) is 3.19. The minimum absolute atomic E-state index is 0.120. The quantitative estimate of drug-likeness (QED) is 0.628. The molecule has 0 bridgehead atoms. The van der Waals surface area contributed by atoms with Gasteiger partial charge < -0.3 is 4.90 Å². The first kappa shape index (κ1) is 14.8. The van der Waals surface area contributed by atoms with Crippen LogP contribution >= 0.6 is 0 Å². The Morgan fingerprint density at radius 1 is 1.45 bits per heavy atom. The van der Waals surface area contributed by atoms with Crippen LogP contribution in [0.5, 0.6) is 0 Å². The Bertz CT molecular complexity index is 470. The minimum atomic E-state index is -0.334. The van der Waals surface area contributed by atoms with E-state index in [1.807, 2.05) is 0 Å². The van der Waals surface area contributed by atoms with Crippen LogP contribution in [0.4, 0.5) is 11.5 Å². The fourth-order valence-electron chi connectivity index (χ4n) is 3.19. The molecule has 1 atom stereocenters. The van der Waals surface area contributed by atoms with E-state index in [1.54, 1.807) is 11.7 Å². The van der Waals surface area contributed by atoms with Crippen molar-refractivity contribution in [3.05, 3.63) is 16.3 Å². The highest BCUT2D eigenvalue weighted by atomic mass is 16.6. The molecular weight excluding hydrogens is 256 g/mol. The molecule has 1 aromatic heterocycles. The molecule has 0 radical (unpaired) electrons. The normalized spacial score (nSPS) is 20.2. The molecule has 0 N–H and O–H groups in total. The van der Waals surface area contributed by atoms with Gasteiger partial charge in [-0.2, -0.15) is 5.10 Å². The smallest absolute Gasteiger partial charge is 0.331 e. The number of hydrogen-bond donors (Lipinski definition) is 0. The SMILES string of the molecule is CC(C)CC1CCCN(c2c([N+](=O)[O-])cnn2C)CC1. The molecule has 0 spiro atoms. The lowest BCUT2D eigenvalue weighted by Gasteiger charge is -2.22. The molecule has 1 aliphatic heterocycles. The Morgan fingerprint density at radius 2 is 2.20 bits per heavy atom. The van der Waals surface area contributed by atoms with Crippen molar-refractivity contribution >= 4 is 11.5 Å². The maximum atomic E-state index is 11.1. The van der Waals surface area contributed by atoms with Crippen LogP contribution < -0.4 is 4.90 Å². The summed E-state index contributed by atoms with van der Waals surface area (Å²) in [6.45, 7) is 6.29. The van der Waals surface area contributed by atoms with Gasteiger partial charge in [-0.05, 0) is 37.5 Å².